The van der Waals surface area contributed by atoms with Crippen molar-refractivity contribution in [2.45, 2.75) is 19.3 Å². The predicted octanol–water partition coefficient (Wildman–Crippen LogP) is 2.72. The Labute approximate surface area is 168 Å². The Morgan fingerprint density at radius 1 is 1.25 bits per heavy atom. The zero-order valence-corrected chi connectivity index (χ0v) is 16.6. The molecule has 2 aliphatic rings. The number of pyridine rings is 1. The molecular weight excluding hydrogens is 378 g/mol. The van der Waals surface area contributed by atoms with Crippen LogP contribution in [-0.4, -0.2) is 64.6 Å². The van der Waals surface area contributed by atoms with Gasteiger partial charge in [0.15, 0.2) is 17.4 Å². The minimum absolute atomic E-state index is 0.0378. The van der Waals surface area contributed by atoms with Gasteiger partial charge in [-0.15, -0.1) is 5.10 Å². The Balaban J connectivity index is 1.65. The van der Waals surface area contributed by atoms with Gasteiger partial charge in [-0.05, 0) is 18.2 Å². The van der Waals surface area contributed by atoms with Crippen LogP contribution >= 0.6 is 11.6 Å². The molecule has 8 heteroatoms. The second-order valence-corrected chi connectivity index (χ2v) is 8.07. The molecule has 0 unspecified atom stereocenters. The number of likely N-dealkylation sites (N-methyl/N-ethyl adjacent to an activating group) is 1. The van der Waals surface area contributed by atoms with Crippen molar-refractivity contribution in [3.8, 4) is 0 Å². The summed E-state index contributed by atoms with van der Waals surface area (Å²) in [5, 5.41) is 8.01. The molecule has 1 aliphatic heterocycles. The van der Waals surface area contributed by atoms with Gasteiger partial charge in [-0.25, -0.2) is 9.51 Å². The average Bonchev–Trinajstić information content (AvgIpc) is 3.24. The molecule has 146 valence electrons. The topological polar surface area (TPSA) is 75.8 Å². The minimum atomic E-state index is -0.369. The number of aromatic nitrogens is 2. The van der Waals surface area contributed by atoms with Gasteiger partial charge in [0.05, 0.1) is 50.2 Å². The van der Waals surface area contributed by atoms with Crippen LogP contribution in [0.1, 0.15) is 19.3 Å². The first-order chi connectivity index (χ1) is 13.5. The maximum Gasteiger partial charge on any atom is 0.189 e. The lowest BCUT2D eigenvalue weighted by atomic mass is 10.0. The number of allylic oxidation sites excluding steroid dienone is 2. The summed E-state index contributed by atoms with van der Waals surface area (Å²) in [7, 11) is 2.28. The van der Waals surface area contributed by atoms with Crippen LogP contribution in [-0.2, 0) is 9.59 Å². The lowest BCUT2D eigenvalue weighted by Crippen LogP contribution is -2.44. The van der Waals surface area contributed by atoms with Gasteiger partial charge in [-0.1, -0.05) is 17.7 Å². The van der Waals surface area contributed by atoms with Gasteiger partial charge in [0, 0.05) is 19.0 Å². The number of aliphatic imine (C=N–C) groups is 1. The van der Waals surface area contributed by atoms with E-state index in [-0.39, 0.29) is 28.7 Å². The first kappa shape index (κ1) is 18.8. The van der Waals surface area contributed by atoms with E-state index >= 15 is 0 Å². The van der Waals surface area contributed by atoms with Crippen molar-refractivity contribution >= 4 is 45.9 Å². The van der Waals surface area contributed by atoms with E-state index in [4.69, 9.17) is 11.6 Å². The molecule has 28 heavy (non-hydrogen) atoms. The number of quaternary nitrogens is 1. The molecule has 1 saturated heterocycles. The second kappa shape index (κ2) is 7.48. The van der Waals surface area contributed by atoms with E-state index in [1.54, 1.807) is 4.52 Å². The number of nitrogens with zero attached hydrogens (tertiary/aromatic N) is 4. The van der Waals surface area contributed by atoms with Gasteiger partial charge in [0.1, 0.15) is 11.4 Å². The van der Waals surface area contributed by atoms with E-state index in [2.05, 4.69) is 22.5 Å². The fraction of sp³-hybridized carbons (Fsp3) is 0.400. The van der Waals surface area contributed by atoms with Crippen LogP contribution in [0.2, 0.25) is 0 Å². The van der Waals surface area contributed by atoms with Crippen LogP contribution < -0.4 is 5.32 Å². The highest BCUT2D eigenvalue weighted by molar-refractivity contribution is 6.57. The van der Waals surface area contributed by atoms with Gasteiger partial charge in [-0.2, -0.15) is 0 Å². The Morgan fingerprint density at radius 2 is 2.04 bits per heavy atom. The molecule has 2 aromatic heterocycles. The third-order valence-electron chi connectivity index (χ3n) is 5.47. The summed E-state index contributed by atoms with van der Waals surface area (Å²) in [4.78, 5) is 28.4. The summed E-state index contributed by atoms with van der Waals surface area (Å²) in [6.45, 7) is 4.17. The number of fused-ring (bicyclic) bond motifs is 1. The predicted molar refractivity (Wildman–Crippen MR) is 109 cm³/mol. The summed E-state index contributed by atoms with van der Waals surface area (Å²) in [5.41, 5.74) is 1.56. The Kier molecular flexibility index (Phi) is 5.03. The zero-order valence-electron chi connectivity index (χ0n) is 15.8. The van der Waals surface area contributed by atoms with E-state index in [9.17, 15) is 9.59 Å². The SMILES string of the molecule is C[N+]1(CCNc2nn3ccccc3c2N=C2C=C(Cl)C(=O)CC2=O)CCCC1. The van der Waals surface area contributed by atoms with Crippen LogP contribution in [0.4, 0.5) is 11.5 Å². The molecule has 1 N–H and O–H groups in total. The first-order valence-corrected chi connectivity index (χ1v) is 9.90. The number of carbonyl (C=O) groups is 2. The maximum atomic E-state index is 12.2. The molecule has 4 rings (SSSR count). The van der Waals surface area contributed by atoms with Crippen LogP contribution in [0.5, 0.6) is 0 Å². The van der Waals surface area contributed by atoms with Crippen LogP contribution in [0.3, 0.4) is 0 Å². The van der Waals surface area contributed by atoms with Gasteiger partial charge < -0.3 is 9.80 Å². The quantitative estimate of drug-likeness (QED) is 0.618. The summed E-state index contributed by atoms with van der Waals surface area (Å²) >= 11 is 5.94. The van der Waals surface area contributed by atoms with E-state index in [0.717, 1.165) is 23.1 Å². The molecule has 0 saturated carbocycles. The Bertz CT molecular complexity index is 1000. The van der Waals surface area contributed by atoms with Crippen molar-refractivity contribution in [1.29, 1.82) is 0 Å². The van der Waals surface area contributed by atoms with Crippen LogP contribution in [0.25, 0.3) is 5.52 Å². The molecule has 0 bridgehead atoms. The molecule has 1 aliphatic carbocycles. The summed E-state index contributed by atoms with van der Waals surface area (Å²) in [6, 6.07) is 5.68. The van der Waals surface area contributed by atoms with Gasteiger partial charge in [0.25, 0.3) is 0 Å². The van der Waals surface area contributed by atoms with E-state index in [1.165, 1.54) is 32.0 Å². The van der Waals surface area contributed by atoms with Gasteiger partial charge >= 0.3 is 0 Å². The van der Waals surface area contributed by atoms with Crippen molar-refractivity contribution in [2.75, 3.05) is 38.5 Å². The van der Waals surface area contributed by atoms with Crippen molar-refractivity contribution in [3.63, 3.8) is 0 Å². The number of anilines is 1. The minimum Gasteiger partial charge on any atom is -0.361 e. The van der Waals surface area contributed by atoms with Crippen LogP contribution in [0.15, 0.2) is 40.5 Å². The maximum absolute atomic E-state index is 12.2. The molecule has 1 fully saturated rings. The third-order valence-corrected chi connectivity index (χ3v) is 5.79. The summed E-state index contributed by atoms with van der Waals surface area (Å²) in [6.07, 6.45) is 5.50. The van der Waals surface area contributed by atoms with E-state index in [0.29, 0.717) is 11.5 Å². The Hall–Kier alpha value is -2.51. The lowest BCUT2D eigenvalue weighted by molar-refractivity contribution is -0.895. The smallest absolute Gasteiger partial charge is 0.189 e. The zero-order chi connectivity index (χ0) is 19.7. The summed E-state index contributed by atoms with van der Waals surface area (Å²) in [5.74, 6) is -0.0733. The highest BCUT2D eigenvalue weighted by atomic mass is 35.5. The number of halogens is 1. The van der Waals surface area contributed by atoms with E-state index in [1.807, 2.05) is 24.4 Å². The van der Waals surface area contributed by atoms with Crippen LogP contribution in [0, 0.1) is 0 Å². The molecule has 2 aromatic rings. The summed E-state index contributed by atoms with van der Waals surface area (Å²) < 4.78 is 2.79. The van der Waals surface area contributed by atoms with Crippen molar-refractivity contribution in [1.82, 2.24) is 9.61 Å². The third kappa shape index (κ3) is 3.72. The number of carbonyl (C=O) groups excluding carboxylic acids is 2. The normalized spacial score (nSPS) is 20.8. The Morgan fingerprint density at radius 3 is 2.82 bits per heavy atom. The number of Topliss-reactive ketones (excluding diaryl/α,β-unsaturated/α-hetero) is 2. The number of likely N-dealkylation sites (tertiary alicyclic amines) is 1. The highest BCUT2D eigenvalue weighted by Crippen LogP contribution is 2.31. The molecule has 0 aromatic carbocycles. The van der Waals surface area contributed by atoms with Crippen molar-refractivity contribution < 1.29 is 14.1 Å². The number of hydrogen-bond acceptors (Lipinski definition) is 5. The number of ketones is 2. The van der Waals surface area contributed by atoms with E-state index < -0.39 is 0 Å². The first-order valence-electron chi connectivity index (χ1n) is 9.52. The molecule has 0 amide bonds. The molecule has 7 nitrogen and oxygen atoms in total. The van der Waals surface area contributed by atoms with Crippen molar-refractivity contribution in [3.05, 3.63) is 35.5 Å². The number of nitrogens with one attached hydrogen (secondary N) is 1. The fourth-order valence-corrected chi connectivity index (χ4v) is 3.97. The molecule has 0 spiro atoms. The standard InChI is InChI=1S/C20H23ClN5O2/c1-26(9-4-5-10-26)11-7-22-20-19(16-6-2-3-8-25(16)24-20)23-15-12-14(21)17(27)13-18(15)28/h2-3,6,8,12H,4-5,7,9-11,13H2,1H3,(H,22,24)/q+1. The lowest BCUT2D eigenvalue weighted by Gasteiger charge is -2.29. The fourth-order valence-electron chi connectivity index (χ4n) is 3.80. The second-order valence-electron chi connectivity index (χ2n) is 7.66. The number of hydrogen-bond donors (Lipinski definition) is 1. The monoisotopic (exact) mass is 400 g/mol. The van der Waals surface area contributed by atoms with Crippen molar-refractivity contribution in [2.24, 2.45) is 4.99 Å². The average molecular weight is 401 g/mol. The molecule has 0 radical (unpaired) electrons. The van der Waals surface area contributed by atoms with Gasteiger partial charge in [-0.3, -0.25) is 9.59 Å². The molecule has 0 atom stereocenters. The highest BCUT2D eigenvalue weighted by Gasteiger charge is 2.27. The largest absolute Gasteiger partial charge is 0.361 e. The molecule has 3 heterocycles. The number of rotatable bonds is 5. The van der Waals surface area contributed by atoms with Gasteiger partial charge in [0.2, 0.25) is 0 Å². The molecular formula is C20H23ClN5O2+.